The fourth-order valence-electron chi connectivity index (χ4n) is 5.88. The Morgan fingerprint density at radius 2 is 1.29 bits per heavy atom. The number of aliphatic hydroxyl groups is 8. The molecule has 48 heavy (non-hydrogen) atoms. The van der Waals surface area contributed by atoms with E-state index in [2.05, 4.69) is 12.2 Å². The molecule has 0 saturated carbocycles. The fraction of sp³-hybridized carbons (Fsp3) is 0.912. The van der Waals surface area contributed by atoms with Crippen LogP contribution < -0.4 is 5.32 Å². The van der Waals surface area contributed by atoms with Gasteiger partial charge >= 0.3 is 0 Å². The zero-order valence-corrected chi connectivity index (χ0v) is 28.7. The largest absolute Gasteiger partial charge is 0.394 e. The summed E-state index contributed by atoms with van der Waals surface area (Å²) in [5, 5.41) is 85.2. The maximum atomic E-state index is 12.8. The van der Waals surface area contributed by atoms with E-state index in [1.54, 1.807) is 12.2 Å². The molecule has 14 heteroatoms. The maximum absolute atomic E-state index is 12.8. The van der Waals surface area contributed by atoms with Gasteiger partial charge in [0.2, 0.25) is 5.91 Å². The number of allylic oxidation sites excluding steroid dienone is 1. The molecule has 2 aliphatic heterocycles. The molecule has 12 unspecified atom stereocenters. The number of nitrogens with one attached hydrogen (secondary N) is 1. The number of hydrogen-bond donors (Lipinski definition) is 9. The van der Waals surface area contributed by atoms with Crippen LogP contribution in [-0.2, 0) is 23.7 Å². The van der Waals surface area contributed by atoms with Crippen LogP contribution >= 0.6 is 0 Å². The van der Waals surface area contributed by atoms with Gasteiger partial charge in [-0.1, -0.05) is 96.6 Å². The topological polar surface area (TPSA) is 228 Å². The first-order valence-electron chi connectivity index (χ1n) is 17.9. The average Bonchev–Trinajstić information content (AvgIpc) is 3.08. The lowest BCUT2D eigenvalue weighted by atomic mass is 9.97. The molecule has 0 radical (unpaired) electrons. The van der Waals surface area contributed by atoms with Gasteiger partial charge in [0.05, 0.1) is 32.0 Å². The van der Waals surface area contributed by atoms with Crippen LogP contribution in [0.25, 0.3) is 0 Å². The first-order valence-corrected chi connectivity index (χ1v) is 17.9. The van der Waals surface area contributed by atoms with Crippen molar-refractivity contribution in [1.29, 1.82) is 0 Å². The van der Waals surface area contributed by atoms with Crippen molar-refractivity contribution < 1.29 is 64.6 Å². The molecule has 14 nitrogen and oxygen atoms in total. The van der Waals surface area contributed by atoms with Gasteiger partial charge in [-0.2, -0.15) is 0 Å². The SMILES string of the molecule is CCC/C=C/C(O)C(COC1OC(CO)C(OC2OC(CO)C(O)C(O)C2O)C(O)C1O)NC(=O)CCCCCCCCCCCCC. The van der Waals surface area contributed by atoms with E-state index >= 15 is 0 Å². The number of rotatable bonds is 24. The molecule has 2 fully saturated rings. The van der Waals surface area contributed by atoms with Crippen LogP contribution in [-0.4, -0.2) is 140 Å². The Morgan fingerprint density at radius 3 is 1.88 bits per heavy atom. The van der Waals surface area contributed by atoms with Crippen molar-refractivity contribution in [1.82, 2.24) is 5.32 Å². The molecule has 0 aromatic carbocycles. The lowest BCUT2D eigenvalue weighted by molar-refractivity contribution is -0.359. The molecule has 12 atom stereocenters. The van der Waals surface area contributed by atoms with Crippen molar-refractivity contribution in [2.75, 3.05) is 19.8 Å². The summed E-state index contributed by atoms with van der Waals surface area (Å²) in [5.74, 6) is -0.256. The van der Waals surface area contributed by atoms with Crippen molar-refractivity contribution in [2.24, 2.45) is 0 Å². The van der Waals surface area contributed by atoms with Crippen molar-refractivity contribution in [2.45, 2.75) is 177 Å². The van der Waals surface area contributed by atoms with Gasteiger partial charge in [-0.3, -0.25) is 4.79 Å². The second kappa shape index (κ2) is 24.0. The highest BCUT2D eigenvalue weighted by Crippen LogP contribution is 2.29. The van der Waals surface area contributed by atoms with Crippen LogP contribution in [0.2, 0.25) is 0 Å². The van der Waals surface area contributed by atoms with Gasteiger partial charge in [-0.05, 0) is 12.8 Å². The van der Waals surface area contributed by atoms with Crippen LogP contribution in [0, 0.1) is 0 Å². The Morgan fingerprint density at radius 1 is 0.729 bits per heavy atom. The Labute approximate surface area is 285 Å². The molecule has 1 amide bonds. The van der Waals surface area contributed by atoms with Gasteiger partial charge in [-0.15, -0.1) is 0 Å². The minimum atomic E-state index is -1.78. The Bertz CT molecular complexity index is 878. The summed E-state index contributed by atoms with van der Waals surface area (Å²) in [7, 11) is 0. The smallest absolute Gasteiger partial charge is 0.220 e. The molecule has 0 aromatic heterocycles. The van der Waals surface area contributed by atoms with Gasteiger partial charge < -0.3 is 65.1 Å². The van der Waals surface area contributed by atoms with E-state index in [1.807, 2.05) is 6.92 Å². The molecule has 282 valence electrons. The first-order chi connectivity index (χ1) is 23.1. The normalized spacial score (nSPS) is 32.4. The lowest BCUT2D eigenvalue weighted by Gasteiger charge is -2.46. The molecule has 2 heterocycles. The van der Waals surface area contributed by atoms with E-state index in [-0.39, 0.29) is 18.9 Å². The maximum Gasteiger partial charge on any atom is 0.220 e. The number of aliphatic hydroxyl groups excluding tert-OH is 8. The second-order valence-electron chi connectivity index (χ2n) is 13.0. The van der Waals surface area contributed by atoms with Crippen LogP contribution in [0.5, 0.6) is 0 Å². The highest BCUT2D eigenvalue weighted by molar-refractivity contribution is 5.76. The zero-order chi connectivity index (χ0) is 35.5. The highest BCUT2D eigenvalue weighted by Gasteiger charge is 2.50. The summed E-state index contributed by atoms with van der Waals surface area (Å²) in [6.45, 7) is 2.49. The van der Waals surface area contributed by atoms with Gasteiger partial charge in [0, 0.05) is 6.42 Å². The number of amides is 1. The summed E-state index contributed by atoms with van der Waals surface area (Å²) in [6.07, 6.45) is 1.04. The van der Waals surface area contributed by atoms with Crippen LogP contribution in [0.3, 0.4) is 0 Å². The van der Waals surface area contributed by atoms with Crippen molar-refractivity contribution >= 4 is 5.91 Å². The van der Waals surface area contributed by atoms with Crippen molar-refractivity contribution in [3.05, 3.63) is 12.2 Å². The number of carbonyl (C=O) groups excluding carboxylic acids is 1. The van der Waals surface area contributed by atoms with E-state index in [9.17, 15) is 45.6 Å². The standard InChI is InChI=1S/C34H63NO13/c1-3-5-7-8-9-10-11-12-13-14-16-18-26(39)35-22(23(38)17-15-6-4-2)21-45-33-31(44)29(42)32(25(20-37)47-33)48-34-30(43)28(41)27(40)24(19-36)46-34/h15,17,22-25,27-34,36-38,40-44H,3-14,16,18-21H2,1-2H3,(H,35,39)/b17-15+. The van der Waals surface area contributed by atoms with Gasteiger partial charge in [0.25, 0.3) is 0 Å². The predicted octanol–water partition coefficient (Wildman–Crippen LogP) is 0.530. The first kappa shape index (κ1) is 42.9. The summed E-state index contributed by atoms with van der Waals surface area (Å²) < 4.78 is 22.3. The van der Waals surface area contributed by atoms with E-state index in [4.69, 9.17) is 18.9 Å². The molecular formula is C34H63NO13. The van der Waals surface area contributed by atoms with Gasteiger partial charge in [0.15, 0.2) is 12.6 Å². The molecule has 0 bridgehead atoms. The Kier molecular flexibility index (Phi) is 21.5. The molecule has 2 saturated heterocycles. The number of unbranched alkanes of at least 4 members (excludes halogenated alkanes) is 11. The zero-order valence-electron chi connectivity index (χ0n) is 28.7. The Balaban J connectivity index is 1.90. The Hall–Kier alpha value is -1.27. The summed E-state index contributed by atoms with van der Waals surface area (Å²) >= 11 is 0. The lowest BCUT2D eigenvalue weighted by Crippen LogP contribution is -2.65. The number of hydrogen-bond acceptors (Lipinski definition) is 13. The van der Waals surface area contributed by atoms with Crippen LogP contribution in [0.15, 0.2) is 12.2 Å². The minimum Gasteiger partial charge on any atom is -0.394 e. The molecule has 0 aliphatic carbocycles. The summed E-state index contributed by atoms with van der Waals surface area (Å²) in [6, 6.07) is -0.901. The molecule has 0 aromatic rings. The molecule has 0 spiro atoms. The van der Waals surface area contributed by atoms with Gasteiger partial charge in [0.1, 0.15) is 48.8 Å². The quantitative estimate of drug-likeness (QED) is 0.0497. The predicted molar refractivity (Wildman–Crippen MR) is 175 cm³/mol. The van der Waals surface area contributed by atoms with E-state index in [0.717, 1.165) is 32.1 Å². The number of ether oxygens (including phenoxy) is 4. The molecule has 2 aliphatic rings. The van der Waals surface area contributed by atoms with Crippen molar-refractivity contribution in [3.63, 3.8) is 0 Å². The second-order valence-corrected chi connectivity index (χ2v) is 13.0. The van der Waals surface area contributed by atoms with Crippen LogP contribution in [0.1, 0.15) is 104 Å². The van der Waals surface area contributed by atoms with E-state index in [0.29, 0.717) is 6.42 Å². The molecule has 2 rings (SSSR count). The van der Waals surface area contributed by atoms with Crippen molar-refractivity contribution in [3.8, 4) is 0 Å². The average molecular weight is 694 g/mol. The fourth-order valence-corrected chi connectivity index (χ4v) is 5.88. The third-order valence-corrected chi connectivity index (χ3v) is 8.96. The van der Waals surface area contributed by atoms with E-state index < -0.39 is 86.8 Å². The minimum absolute atomic E-state index is 0.256. The monoisotopic (exact) mass is 693 g/mol. The summed E-state index contributed by atoms with van der Waals surface area (Å²) in [4.78, 5) is 12.8. The highest BCUT2D eigenvalue weighted by atomic mass is 16.7. The third-order valence-electron chi connectivity index (χ3n) is 8.96. The number of carbonyl (C=O) groups is 1. The van der Waals surface area contributed by atoms with Crippen LogP contribution in [0.4, 0.5) is 0 Å². The van der Waals surface area contributed by atoms with Gasteiger partial charge in [-0.25, -0.2) is 0 Å². The van der Waals surface area contributed by atoms with E-state index in [1.165, 1.54) is 44.9 Å². The molecular weight excluding hydrogens is 630 g/mol. The molecule has 9 N–H and O–H groups in total. The summed E-state index contributed by atoms with van der Waals surface area (Å²) in [5.41, 5.74) is 0. The third kappa shape index (κ3) is 14.2.